The summed E-state index contributed by atoms with van der Waals surface area (Å²) in [5.41, 5.74) is 11.3. The number of imidazole rings is 3. The predicted molar refractivity (Wildman–Crippen MR) is 330 cm³/mol. The van der Waals surface area contributed by atoms with Crippen LogP contribution in [0.3, 0.4) is 0 Å². The monoisotopic (exact) mass is 1170 g/mol. The SMILES string of the molecule is CCn1cnc(-c2ccc(F)cc2)c1-c1cc[n+](-c2nc(-c3ccc(F)cc3)c(-c3cc[n+](-c4nc(-c5ccc(F)cc5)c(-c5ccnc(NCc6ccc(-c7ccccc7)cc6)n5)n4C4CCCCC4)c(NCCO)n3)n2CC)c(NC2CCC2)n1. The lowest BCUT2D eigenvalue weighted by atomic mass is 9.93. The van der Waals surface area contributed by atoms with Crippen LogP contribution in [0.4, 0.5) is 31.0 Å². The second-order valence-electron chi connectivity index (χ2n) is 22.0. The molecule has 2 saturated carbocycles. The molecule has 0 atom stereocenters. The summed E-state index contributed by atoms with van der Waals surface area (Å²) >= 11 is 0. The van der Waals surface area contributed by atoms with Crippen LogP contribution in [0.5, 0.6) is 0 Å². The molecule has 11 aromatic rings. The van der Waals surface area contributed by atoms with Crippen LogP contribution in [-0.4, -0.2) is 72.9 Å². The van der Waals surface area contributed by atoms with Gasteiger partial charge >= 0.3 is 23.8 Å². The number of aliphatic hydroxyl groups is 1. The van der Waals surface area contributed by atoms with Crippen molar-refractivity contribution in [2.45, 2.75) is 96.9 Å². The zero-order valence-corrected chi connectivity index (χ0v) is 48.5. The number of nitrogens with one attached hydrogen (secondary N) is 3. The zero-order valence-electron chi connectivity index (χ0n) is 48.5. The maximum absolute atomic E-state index is 14.9. The van der Waals surface area contributed by atoms with E-state index in [0.29, 0.717) is 100 Å². The van der Waals surface area contributed by atoms with Gasteiger partial charge in [-0.15, -0.1) is 19.9 Å². The molecule has 0 saturated heterocycles. The van der Waals surface area contributed by atoms with Gasteiger partial charge < -0.3 is 25.6 Å². The highest BCUT2D eigenvalue weighted by molar-refractivity contribution is 5.81. The molecular formula is C68H66F3N15O+2. The van der Waals surface area contributed by atoms with Crippen molar-refractivity contribution in [1.29, 1.82) is 0 Å². The van der Waals surface area contributed by atoms with Gasteiger partial charge in [-0.1, -0.05) is 73.9 Å². The van der Waals surface area contributed by atoms with Gasteiger partial charge in [0, 0.05) is 48.1 Å². The first-order valence-electron chi connectivity index (χ1n) is 30.0. The van der Waals surface area contributed by atoms with Crippen LogP contribution in [0.15, 0.2) is 171 Å². The zero-order chi connectivity index (χ0) is 59.4. The van der Waals surface area contributed by atoms with Crippen LogP contribution in [0.25, 0.3) is 91.0 Å². The first-order chi connectivity index (χ1) is 42.7. The van der Waals surface area contributed by atoms with E-state index in [0.717, 1.165) is 85.0 Å². The van der Waals surface area contributed by atoms with Crippen molar-refractivity contribution in [2.24, 2.45) is 0 Å². The molecule has 5 aromatic carbocycles. The van der Waals surface area contributed by atoms with Gasteiger partial charge in [0.2, 0.25) is 5.95 Å². The molecule has 0 aliphatic heterocycles. The lowest BCUT2D eigenvalue weighted by molar-refractivity contribution is -0.593. The molecule has 6 aromatic heterocycles. The largest absolute Gasteiger partial charge is 0.394 e. The molecule has 6 heterocycles. The third-order valence-electron chi connectivity index (χ3n) is 16.5. The van der Waals surface area contributed by atoms with Gasteiger partial charge in [-0.2, -0.15) is 9.13 Å². The lowest BCUT2D eigenvalue weighted by Gasteiger charge is -2.25. The van der Waals surface area contributed by atoms with Crippen molar-refractivity contribution < 1.29 is 27.4 Å². The number of hydrogen-bond acceptors (Lipinski definition) is 11. The Balaban J connectivity index is 0.947. The van der Waals surface area contributed by atoms with Crippen molar-refractivity contribution in [2.75, 3.05) is 29.1 Å². The predicted octanol–water partition coefficient (Wildman–Crippen LogP) is 13.0. The Kier molecular flexibility index (Phi) is 16.2. The minimum Gasteiger partial charge on any atom is -0.394 e. The number of halogens is 3. The maximum Gasteiger partial charge on any atom is 0.333 e. The van der Waals surface area contributed by atoms with Crippen LogP contribution < -0.4 is 25.1 Å². The fourth-order valence-electron chi connectivity index (χ4n) is 11.8. The Morgan fingerprint density at radius 2 is 1.09 bits per heavy atom. The quantitative estimate of drug-likeness (QED) is 0.0536. The van der Waals surface area contributed by atoms with Crippen LogP contribution in [-0.2, 0) is 19.6 Å². The summed E-state index contributed by atoms with van der Waals surface area (Å²) in [6.07, 6.45) is 15.3. The smallest absolute Gasteiger partial charge is 0.333 e. The van der Waals surface area contributed by atoms with Gasteiger partial charge in [0.25, 0.3) is 0 Å². The number of aryl methyl sites for hydroxylation is 1. The van der Waals surface area contributed by atoms with E-state index in [-0.39, 0.29) is 42.7 Å². The van der Waals surface area contributed by atoms with Crippen molar-refractivity contribution in [3.8, 4) is 91.0 Å². The number of hydrogen-bond donors (Lipinski definition) is 4. The van der Waals surface area contributed by atoms with Gasteiger partial charge in [-0.25, -0.2) is 28.1 Å². The molecule has 438 valence electrons. The second kappa shape index (κ2) is 25.0. The molecule has 16 nitrogen and oxygen atoms in total. The minimum atomic E-state index is -0.385. The van der Waals surface area contributed by atoms with Gasteiger partial charge in [0.1, 0.15) is 40.2 Å². The second-order valence-corrected chi connectivity index (χ2v) is 22.0. The summed E-state index contributed by atoms with van der Waals surface area (Å²) in [7, 11) is 0. The Morgan fingerprint density at radius 1 is 0.517 bits per heavy atom. The Bertz CT molecular complexity index is 4200. The highest BCUT2D eigenvalue weighted by Gasteiger charge is 2.37. The van der Waals surface area contributed by atoms with Crippen LogP contribution >= 0.6 is 0 Å². The van der Waals surface area contributed by atoms with Crippen molar-refractivity contribution in [1.82, 2.24) is 48.6 Å². The molecule has 0 unspecified atom stereocenters. The van der Waals surface area contributed by atoms with Gasteiger partial charge in [0.15, 0.2) is 22.8 Å². The summed E-state index contributed by atoms with van der Waals surface area (Å²) in [6, 6.07) is 43.7. The van der Waals surface area contributed by atoms with E-state index in [1.54, 1.807) is 48.9 Å². The molecule has 0 radical (unpaired) electrons. The molecule has 19 heteroatoms. The highest BCUT2D eigenvalue weighted by atomic mass is 19.1. The molecule has 0 amide bonds. The van der Waals surface area contributed by atoms with E-state index in [1.807, 2.05) is 76.3 Å². The topological polar surface area (TPSA) is 169 Å². The van der Waals surface area contributed by atoms with Gasteiger partial charge in [-0.3, -0.25) is 9.13 Å². The molecule has 2 fully saturated rings. The van der Waals surface area contributed by atoms with Gasteiger partial charge in [-0.05, 0) is 142 Å². The summed E-state index contributed by atoms with van der Waals surface area (Å²) in [5, 5.41) is 21.1. The van der Waals surface area contributed by atoms with Crippen molar-refractivity contribution >= 4 is 17.8 Å². The Morgan fingerprint density at radius 3 is 1.71 bits per heavy atom. The van der Waals surface area contributed by atoms with E-state index in [1.165, 1.54) is 36.4 Å². The molecular weight excluding hydrogens is 1100 g/mol. The van der Waals surface area contributed by atoms with Gasteiger partial charge in [0.05, 0.1) is 56.2 Å². The summed E-state index contributed by atoms with van der Waals surface area (Å²) in [6.45, 7) is 5.61. The molecule has 2 aliphatic rings. The van der Waals surface area contributed by atoms with Crippen molar-refractivity contribution in [3.05, 3.63) is 194 Å². The summed E-state index contributed by atoms with van der Waals surface area (Å²) < 4.78 is 54.1. The number of anilines is 3. The number of rotatable bonds is 20. The van der Waals surface area contributed by atoms with Crippen LogP contribution in [0.2, 0.25) is 0 Å². The van der Waals surface area contributed by atoms with E-state index in [2.05, 4.69) is 66.5 Å². The number of aromatic nitrogens is 12. The third-order valence-corrected chi connectivity index (χ3v) is 16.5. The Labute approximate surface area is 502 Å². The minimum absolute atomic E-state index is 0.0104. The normalized spacial score (nSPS) is 13.6. The lowest BCUT2D eigenvalue weighted by Crippen LogP contribution is -2.42. The first kappa shape index (κ1) is 56.3. The average Bonchev–Trinajstić information content (AvgIpc) is 1.93. The maximum atomic E-state index is 14.9. The van der Waals surface area contributed by atoms with E-state index >= 15 is 0 Å². The molecule has 4 N–H and O–H groups in total. The van der Waals surface area contributed by atoms with E-state index < -0.39 is 0 Å². The number of benzene rings is 5. The molecule has 2 aliphatic carbocycles. The first-order valence-corrected chi connectivity index (χ1v) is 30.0. The molecule has 87 heavy (non-hydrogen) atoms. The van der Waals surface area contributed by atoms with Crippen LogP contribution in [0, 0.1) is 17.5 Å². The fourth-order valence-corrected chi connectivity index (χ4v) is 11.8. The summed E-state index contributed by atoms with van der Waals surface area (Å²) in [5.74, 6) is 1.39. The number of aliphatic hydroxyl groups excluding tert-OH is 1. The molecule has 0 bridgehead atoms. The van der Waals surface area contributed by atoms with E-state index in [9.17, 15) is 18.3 Å². The average molecular weight is 1170 g/mol. The highest BCUT2D eigenvalue weighted by Crippen LogP contribution is 2.41. The van der Waals surface area contributed by atoms with Crippen LogP contribution in [0.1, 0.15) is 76.8 Å². The summed E-state index contributed by atoms with van der Waals surface area (Å²) in [4.78, 5) is 36.4. The molecule has 0 spiro atoms. The Hall–Kier alpha value is -9.88. The fraction of sp³-hybridized carbons (Fsp3) is 0.250. The number of nitrogens with zero attached hydrogens (tertiary/aromatic N) is 12. The van der Waals surface area contributed by atoms with E-state index in [4.69, 9.17) is 29.9 Å². The standard InChI is InChI=1S/C68H64F3N15O/c1-3-82-43-75-58(47-22-28-50(69)29-23-47)61(82)56-35-40-85(66(79-56)76-53-14-11-15-53)67-80-59(48-24-30-51(70)31-25-48)62(83(67)4-2)57-36-39-84(65(78-57)73-38-41-87)68-81-60(49-26-32-52(71)33-27-49)63(86(68)54-16-9-6-10-17-54)55-34-37-72-64(77-55)74-42-44-18-20-46(21-19-44)45-12-7-5-8-13-45/h5,7-8,12-13,18-37,39-40,43,53-54,87H,3-4,6,9-11,14-17,38,41-42H2,1-2H3,(H,72,74,77)/p+2. The third kappa shape index (κ3) is 11.6. The molecule has 13 rings (SSSR count). The van der Waals surface area contributed by atoms with Crippen molar-refractivity contribution in [3.63, 3.8) is 0 Å².